The maximum atomic E-state index is 13.7. The SMILES string of the molecule is COc1c(Cl)ccc(F)c1C1CCNC1. The fraction of sp³-hybridized carbons (Fsp3) is 0.455. The number of halogens is 2. The predicted octanol–water partition coefficient (Wildman–Crippen LogP) is 2.56. The molecule has 2 nitrogen and oxygen atoms in total. The monoisotopic (exact) mass is 229 g/mol. The summed E-state index contributed by atoms with van der Waals surface area (Å²) in [5.41, 5.74) is 0.606. The van der Waals surface area contributed by atoms with Crippen LogP contribution in [0.3, 0.4) is 0 Å². The molecule has 1 saturated heterocycles. The van der Waals surface area contributed by atoms with Gasteiger partial charge < -0.3 is 10.1 Å². The van der Waals surface area contributed by atoms with Crippen LogP contribution in [0.1, 0.15) is 17.9 Å². The maximum absolute atomic E-state index is 13.7. The van der Waals surface area contributed by atoms with Gasteiger partial charge in [-0.2, -0.15) is 0 Å². The number of hydrogen-bond donors (Lipinski definition) is 1. The smallest absolute Gasteiger partial charge is 0.143 e. The molecule has 1 fully saturated rings. The largest absolute Gasteiger partial charge is 0.495 e. The van der Waals surface area contributed by atoms with Gasteiger partial charge >= 0.3 is 0 Å². The van der Waals surface area contributed by atoms with E-state index in [9.17, 15) is 4.39 Å². The molecule has 1 aliphatic heterocycles. The second-order valence-electron chi connectivity index (χ2n) is 3.67. The van der Waals surface area contributed by atoms with Crippen molar-refractivity contribution in [3.05, 3.63) is 28.5 Å². The first-order chi connectivity index (χ1) is 7.24. The number of rotatable bonds is 2. The highest BCUT2D eigenvalue weighted by molar-refractivity contribution is 6.32. The summed E-state index contributed by atoms with van der Waals surface area (Å²) in [6, 6.07) is 2.93. The first kappa shape index (κ1) is 10.7. The van der Waals surface area contributed by atoms with Crippen molar-refractivity contribution in [2.24, 2.45) is 0 Å². The highest BCUT2D eigenvalue weighted by Crippen LogP contribution is 2.37. The third-order valence-electron chi connectivity index (χ3n) is 2.77. The van der Waals surface area contributed by atoms with Crippen molar-refractivity contribution in [1.82, 2.24) is 5.32 Å². The topological polar surface area (TPSA) is 21.3 Å². The van der Waals surface area contributed by atoms with Gasteiger partial charge in [-0.1, -0.05) is 11.6 Å². The van der Waals surface area contributed by atoms with E-state index in [-0.39, 0.29) is 11.7 Å². The van der Waals surface area contributed by atoms with Crippen LogP contribution in [0, 0.1) is 5.82 Å². The van der Waals surface area contributed by atoms with Gasteiger partial charge in [0.1, 0.15) is 11.6 Å². The zero-order valence-electron chi connectivity index (χ0n) is 8.52. The predicted molar refractivity (Wildman–Crippen MR) is 58.2 cm³/mol. The van der Waals surface area contributed by atoms with Crippen molar-refractivity contribution in [3.63, 3.8) is 0 Å². The van der Waals surface area contributed by atoms with Gasteiger partial charge in [-0.3, -0.25) is 0 Å². The van der Waals surface area contributed by atoms with Crippen molar-refractivity contribution in [2.75, 3.05) is 20.2 Å². The van der Waals surface area contributed by atoms with E-state index in [0.29, 0.717) is 16.3 Å². The van der Waals surface area contributed by atoms with Gasteiger partial charge in [0.05, 0.1) is 12.1 Å². The van der Waals surface area contributed by atoms with Crippen LogP contribution in [0.4, 0.5) is 4.39 Å². The molecule has 1 aromatic carbocycles. The Labute approximate surface area is 93.4 Å². The third kappa shape index (κ3) is 1.94. The molecular weight excluding hydrogens is 217 g/mol. The van der Waals surface area contributed by atoms with Crippen LogP contribution in [0.25, 0.3) is 0 Å². The molecule has 0 saturated carbocycles. The minimum atomic E-state index is -0.232. The second-order valence-corrected chi connectivity index (χ2v) is 4.07. The van der Waals surface area contributed by atoms with Crippen molar-refractivity contribution in [3.8, 4) is 5.75 Å². The minimum Gasteiger partial charge on any atom is -0.495 e. The average molecular weight is 230 g/mol. The van der Waals surface area contributed by atoms with Crippen LogP contribution in [-0.2, 0) is 0 Å². The van der Waals surface area contributed by atoms with Crippen LogP contribution in [0.5, 0.6) is 5.75 Å². The molecule has 0 spiro atoms. The summed E-state index contributed by atoms with van der Waals surface area (Å²) in [5, 5.41) is 3.68. The van der Waals surface area contributed by atoms with E-state index in [2.05, 4.69) is 5.32 Å². The van der Waals surface area contributed by atoms with Crippen molar-refractivity contribution < 1.29 is 9.13 Å². The van der Waals surface area contributed by atoms with E-state index in [1.807, 2.05) is 0 Å². The first-order valence-corrected chi connectivity index (χ1v) is 5.34. The lowest BCUT2D eigenvalue weighted by atomic mass is 9.97. The number of nitrogens with one attached hydrogen (secondary N) is 1. The van der Waals surface area contributed by atoms with E-state index in [1.165, 1.54) is 19.2 Å². The van der Waals surface area contributed by atoms with Crippen LogP contribution < -0.4 is 10.1 Å². The lowest BCUT2D eigenvalue weighted by molar-refractivity contribution is 0.400. The van der Waals surface area contributed by atoms with Crippen LogP contribution in [-0.4, -0.2) is 20.2 Å². The summed E-state index contributed by atoms with van der Waals surface area (Å²) in [6.07, 6.45) is 0.924. The molecule has 4 heteroatoms. The molecule has 0 radical (unpaired) electrons. The summed E-state index contributed by atoms with van der Waals surface area (Å²) in [4.78, 5) is 0. The lowest BCUT2D eigenvalue weighted by Crippen LogP contribution is -2.10. The third-order valence-corrected chi connectivity index (χ3v) is 3.07. The molecule has 0 amide bonds. The summed E-state index contributed by atoms with van der Waals surface area (Å²) >= 11 is 5.97. The highest BCUT2D eigenvalue weighted by atomic mass is 35.5. The fourth-order valence-corrected chi connectivity index (χ4v) is 2.28. The number of benzene rings is 1. The Bertz CT molecular complexity index is 364. The molecule has 82 valence electrons. The number of methoxy groups -OCH3 is 1. The minimum absolute atomic E-state index is 0.165. The standard InChI is InChI=1S/C11H13ClFNO/c1-15-11-8(12)2-3-9(13)10(11)7-4-5-14-6-7/h2-3,7,14H,4-6H2,1H3. The van der Waals surface area contributed by atoms with E-state index in [4.69, 9.17) is 16.3 Å². The quantitative estimate of drug-likeness (QED) is 0.842. The van der Waals surface area contributed by atoms with Crippen LogP contribution >= 0.6 is 11.6 Å². The van der Waals surface area contributed by atoms with Crippen molar-refractivity contribution in [1.29, 1.82) is 0 Å². The molecular formula is C11H13ClFNO. The van der Waals surface area contributed by atoms with Crippen molar-refractivity contribution in [2.45, 2.75) is 12.3 Å². The second kappa shape index (κ2) is 4.37. The van der Waals surface area contributed by atoms with Gasteiger partial charge in [0, 0.05) is 18.0 Å². The molecule has 0 aromatic heterocycles. The molecule has 1 aromatic rings. The number of hydrogen-bond acceptors (Lipinski definition) is 2. The maximum Gasteiger partial charge on any atom is 0.143 e. The summed E-state index contributed by atoms with van der Waals surface area (Å²) in [5.74, 6) is 0.411. The lowest BCUT2D eigenvalue weighted by Gasteiger charge is -2.15. The van der Waals surface area contributed by atoms with Crippen LogP contribution in [0.15, 0.2) is 12.1 Å². The fourth-order valence-electron chi connectivity index (χ4n) is 2.04. The van der Waals surface area contributed by atoms with E-state index in [0.717, 1.165) is 19.5 Å². The Kier molecular flexibility index (Phi) is 3.12. The van der Waals surface area contributed by atoms with Gasteiger partial charge in [0.15, 0.2) is 0 Å². The zero-order chi connectivity index (χ0) is 10.8. The highest BCUT2D eigenvalue weighted by Gasteiger charge is 2.25. The molecule has 1 aliphatic rings. The van der Waals surface area contributed by atoms with Crippen LogP contribution in [0.2, 0.25) is 5.02 Å². The molecule has 1 unspecified atom stereocenters. The normalized spacial score (nSPS) is 20.6. The van der Waals surface area contributed by atoms with Gasteiger partial charge in [-0.15, -0.1) is 0 Å². The van der Waals surface area contributed by atoms with E-state index >= 15 is 0 Å². The molecule has 15 heavy (non-hydrogen) atoms. The summed E-state index contributed by atoms with van der Waals surface area (Å²) < 4.78 is 18.9. The molecule has 1 N–H and O–H groups in total. The summed E-state index contributed by atoms with van der Waals surface area (Å²) in [7, 11) is 1.52. The molecule has 1 heterocycles. The summed E-state index contributed by atoms with van der Waals surface area (Å²) in [6.45, 7) is 1.70. The van der Waals surface area contributed by atoms with Gasteiger partial charge in [-0.05, 0) is 25.1 Å². The zero-order valence-corrected chi connectivity index (χ0v) is 9.27. The molecule has 2 rings (SSSR count). The molecule has 0 bridgehead atoms. The number of ether oxygens (including phenoxy) is 1. The van der Waals surface area contributed by atoms with Gasteiger partial charge in [0.25, 0.3) is 0 Å². The van der Waals surface area contributed by atoms with E-state index < -0.39 is 0 Å². The Morgan fingerprint density at radius 2 is 2.33 bits per heavy atom. The van der Waals surface area contributed by atoms with Gasteiger partial charge in [-0.25, -0.2) is 4.39 Å². The Balaban J connectivity index is 2.46. The Morgan fingerprint density at radius 1 is 1.53 bits per heavy atom. The van der Waals surface area contributed by atoms with Crippen molar-refractivity contribution >= 4 is 11.6 Å². The average Bonchev–Trinajstić information content (AvgIpc) is 2.74. The molecule has 1 atom stereocenters. The van der Waals surface area contributed by atoms with Gasteiger partial charge in [0.2, 0.25) is 0 Å². The molecule has 0 aliphatic carbocycles. The Morgan fingerprint density at radius 3 is 2.93 bits per heavy atom. The van der Waals surface area contributed by atoms with E-state index in [1.54, 1.807) is 0 Å². The Hall–Kier alpha value is -0.800. The first-order valence-electron chi connectivity index (χ1n) is 4.96.